The summed E-state index contributed by atoms with van der Waals surface area (Å²) in [6.45, 7) is 4.12. The summed E-state index contributed by atoms with van der Waals surface area (Å²) < 4.78 is 0. The van der Waals surface area contributed by atoms with Crippen LogP contribution in [-0.4, -0.2) is 33.7 Å². The summed E-state index contributed by atoms with van der Waals surface area (Å²) >= 11 is 0. The maximum Gasteiger partial charge on any atom is 0.160 e. The molecule has 4 heteroatoms. The number of nitrogens with zero attached hydrogens (tertiary/aromatic N) is 3. The third kappa shape index (κ3) is 1.33. The Bertz CT molecular complexity index is 515. The van der Waals surface area contributed by atoms with Crippen LogP contribution in [0.1, 0.15) is 17.0 Å². The van der Waals surface area contributed by atoms with Gasteiger partial charge in [-0.2, -0.15) is 5.10 Å². The van der Waals surface area contributed by atoms with Gasteiger partial charge in [0.05, 0.1) is 5.69 Å². The summed E-state index contributed by atoms with van der Waals surface area (Å²) in [4.78, 5) is 5.70. The van der Waals surface area contributed by atoms with Crippen LogP contribution >= 0.6 is 0 Å². The minimum absolute atomic E-state index is 0.931. The standard InChI is InChI=1S/C11H14N4/c1-7-5-8-9-6-15(2)4-3-10(9)12-11(8)14-13-7/h5H,3-4,6H2,1-2H3,(H,12,14). The number of likely N-dealkylation sites (N-methyl/N-ethyl adjacent to an activating group) is 1. The molecular weight excluding hydrogens is 188 g/mol. The molecule has 0 aliphatic carbocycles. The maximum absolute atomic E-state index is 4.19. The Morgan fingerprint density at radius 3 is 3.13 bits per heavy atom. The number of aryl methyl sites for hydroxylation is 1. The van der Waals surface area contributed by atoms with Crippen molar-refractivity contribution in [2.45, 2.75) is 19.9 Å². The molecular formula is C11H14N4. The molecule has 15 heavy (non-hydrogen) atoms. The van der Waals surface area contributed by atoms with Gasteiger partial charge >= 0.3 is 0 Å². The zero-order valence-electron chi connectivity index (χ0n) is 9.04. The first-order valence-electron chi connectivity index (χ1n) is 5.26. The van der Waals surface area contributed by atoms with Gasteiger partial charge in [0.15, 0.2) is 5.65 Å². The number of H-pyrrole nitrogens is 1. The Labute approximate surface area is 88.3 Å². The summed E-state index contributed by atoms with van der Waals surface area (Å²) in [6.07, 6.45) is 1.08. The molecule has 0 atom stereocenters. The van der Waals surface area contributed by atoms with Gasteiger partial charge in [-0.1, -0.05) is 0 Å². The zero-order valence-corrected chi connectivity index (χ0v) is 9.04. The van der Waals surface area contributed by atoms with E-state index in [1.807, 2.05) is 6.92 Å². The van der Waals surface area contributed by atoms with Crippen LogP contribution in [0.3, 0.4) is 0 Å². The van der Waals surface area contributed by atoms with Gasteiger partial charge in [0.2, 0.25) is 0 Å². The van der Waals surface area contributed by atoms with Gasteiger partial charge in [-0.05, 0) is 25.6 Å². The van der Waals surface area contributed by atoms with Crippen LogP contribution < -0.4 is 0 Å². The SMILES string of the molecule is Cc1cc2c3c([nH]c2nn1)CCN(C)C3. The van der Waals surface area contributed by atoms with Gasteiger partial charge in [0.25, 0.3) is 0 Å². The van der Waals surface area contributed by atoms with Crippen LogP contribution in [0, 0.1) is 6.92 Å². The van der Waals surface area contributed by atoms with Gasteiger partial charge in [-0.3, -0.25) is 0 Å². The molecule has 0 radical (unpaired) electrons. The van der Waals surface area contributed by atoms with Gasteiger partial charge in [0, 0.05) is 30.6 Å². The van der Waals surface area contributed by atoms with E-state index in [2.05, 4.69) is 33.2 Å². The van der Waals surface area contributed by atoms with Crippen LogP contribution in [-0.2, 0) is 13.0 Å². The number of rotatable bonds is 0. The minimum atomic E-state index is 0.931. The highest BCUT2D eigenvalue weighted by Crippen LogP contribution is 2.25. The van der Waals surface area contributed by atoms with Gasteiger partial charge in [-0.25, -0.2) is 0 Å². The molecule has 4 nitrogen and oxygen atoms in total. The second-order valence-corrected chi connectivity index (χ2v) is 4.32. The molecule has 0 aromatic carbocycles. The predicted octanol–water partition coefficient (Wildman–Crippen LogP) is 1.25. The summed E-state index contributed by atoms with van der Waals surface area (Å²) in [5.74, 6) is 0. The first-order valence-corrected chi connectivity index (χ1v) is 5.26. The van der Waals surface area contributed by atoms with Crippen LogP contribution in [0.15, 0.2) is 6.07 Å². The number of fused-ring (bicyclic) bond motifs is 3. The first kappa shape index (κ1) is 8.85. The van der Waals surface area contributed by atoms with Crippen LogP contribution in [0.5, 0.6) is 0 Å². The molecule has 0 spiro atoms. The number of aromatic nitrogens is 3. The maximum atomic E-state index is 4.19. The normalized spacial score (nSPS) is 16.9. The molecule has 2 aromatic rings. The Hall–Kier alpha value is -1.42. The van der Waals surface area contributed by atoms with E-state index < -0.39 is 0 Å². The van der Waals surface area contributed by atoms with Crippen molar-refractivity contribution in [1.82, 2.24) is 20.1 Å². The van der Waals surface area contributed by atoms with Crippen molar-refractivity contribution >= 4 is 11.0 Å². The molecule has 1 aliphatic heterocycles. The second kappa shape index (κ2) is 3.03. The Morgan fingerprint density at radius 2 is 2.27 bits per heavy atom. The molecule has 2 aromatic heterocycles. The summed E-state index contributed by atoms with van der Waals surface area (Å²) in [6, 6.07) is 2.12. The largest absolute Gasteiger partial charge is 0.341 e. The highest BCUT2D eigenvalue weighted by Gasteiger charge is 2.18. The van der Waals surface area contributed by atoms with Crippen LogP contribution in [0.25, 0.3) is 11.0 Å². The van der Waals surface area contributed by atoms with Crippen molar-refractivity contribution in [3.8, 4) is 0 Å². The van der Waals surface area contributed by atoms with Gasteiger partial charge < -0.3 is 9.88 Å². The van der Waals surface area contributed by atoms with Crippen LogP contribution in [0.2, 0.25) is 0 Å². The van der Waals surface area contributed by atoms with E-state index in [9.17, 15) is 0 Å². The first-order chi connectivity index (χ1) is 7.24. The molecule has 78 valence electrons. The van der Waals surface area contributed by atoms with Crippen molar-refractivity contribution in [2.75, 3.05) is 13.6 Å². The number of hydrogen-bond donors (Lipinski definition) is 1. The number of aromatic amines is 1. The Kier molecular flexibility index (Phi) is 1.79. The topological polar surface area (TPSA) is 44.8 Å². The molecule has 0 bridgehead atoms. The van der Waals surface area contributed by atoms with E-state index in [1.54, 1.807) is 0 Å². The van der Waals surface area contributed by atoms with E-state index in [0.717, 1.165) is 30.9 Å². The Balaban J connectivity index is 2.25. The molecule has 0 saturated heterocycles. The quantitative estimate of drug-likeness (QED) is 0.699. The van der Waals surface area contributed by atoms with Crippen molar-refractivity contribution in [3.63, 3.8) is 0 Å². The minimum Gasteiger partial charge on any atom is -0.341 e. The fourth-order valence-electron chi connectivity index (χ4n) is 2.24. The summed E-state index contributed by atoms with van der Waals surface area (Å²) in [7, 11) is 2.16. The van der Waals surface area contributed by atoms with E-state index >= 15 is 0 Å². The van der Waals surface area contributed by atoms with Gasteiger partial charge in [0.1, 0.15) is 0 Å². The highest BCUT2D eigenvalue weighted by atomic mass is 15.1. The molecule has 0 saturated carbocycles. The fraction of sp³-hybridized carbons (Fsp3) is 0.455. The molecule has 0 unspecified atom stereocenters. The lowest BCUT2D eigenvalue weighted by atomic mass is 10.1. The lowest BCUT2D eigenvalue weighted by Crippen LogP contribution is -2.25. The highest BCUT2D eigenvalue weighted by molar-refractivity contribution is 5.81. The molecule has 3 rings (SSSR count). The average molecular weight is 202 g/mol. The van der Waals surface area contributed by atoms with Crippen LogP contribution in [0.4, 0.5) is 0 Å². The van der Waals surface area contributed by atoms with Crippen molar-refractivity contribution in [1.29, 1.82) is 0 Å². The van der Waals surface area contributed by atoms with E-state index in [1.165, 1.54) is 16.6 Å². The van der Waals surface area contributed by atoms with E-state index in [-0.39, 0.29) is 0 Å². The lowest BCUT2D eigenvalue weighted by molar-refractivity contribution is 0.313. The third-order valence-corrected chi connectivity index (χ3v) is 3.05. The predicted molar refractivity (Wildman–Crippen MR) is 58.7 cm³/mol. The molecule has 0 amide bonds. The number of nitrogens with one attached hydrogen (secondary N) is 1. The van der Waals surface area contributed by atoms with Crippen molar-refractivity contribution in [3.05, 3.63) is 23.0 Å². The van der Waals surface area contributed by atoms with E-state index in [0.29, 0.717) is 0 Å². The average Bonchev–Trinajstić information content (AvgIpc) is 2.56. The summed E-state index contributed by atoms with van der Waals surface area (Å²) in [5, 5.41) is 9.50. The fourth-order valence-corrected chi connectivity index (χ4v) is 2.24. The lowest BCUT2D eigenvalue weighted by Gasteiger charge is -2.22. The molecule has 1 N–H and O–H groups in total. The zero-order chi connectivity index (χ0) is 10.4. The van der Waals surface area contributed by atoms with Crippen molar-refractivity contribution < 1.29 is 0 Å². The molecule has 1 aliphatic rings. The van der Waals surface area contributed by atoms with E-state index in [4.69, 9.17) is 0 Å². The number of hydrogen-bond acceptors (Lipinski definition) is 3. The molecule has 3 heterocycles. The Morgan fingerprint density at radius 1 is 1.40 bits per heavy atom. The second-order valence-electron chi connectivity index (χ2n) is 4.32. The van der Waals surface area contributed by atoms with Gasteiger partial charge in [-0.15, -0.1) is 5.10 Å². The van der Waals surface area contributed by atoms with Crippen molar-refractivity contribution in [2.24, 2.45) is 0 Å². The third-order valence-electron chi connectivity index (χ3n) is 3.05. The smallest absolute Gasteiger partial charge is 0.160 e. The monoisotopic (exact) mass is 202 g/mol. The molecule has 0 fully saturated rings. The summed E-state index contributed by atoms with van der Waals surface area (Å²) in [5.41, 5.74) is 4.65.